The number of methoxy groups -OCH3 is 1. The van der Waals surface area contributed by atoms with Crippen molar-refractivity contribution < 1.29 is 9.53 Å². The largest absolute Gasteiger partial charge is 0.496 e. The number of nitrogens with zero attached hydrogens (tertiary/aromatic N) is 1. The van der Waals surface area contributed by atoms with Gasteiger partial charge < -0.3 is 4.74 Å². The third-order valence-corrected chi connectivity index (χ3v) is 5.06. The minimum atomic E-state index is -0.230. The number of rotatable bonds is 6. The average Bonchev–Trinajstić information content (AvgIpc) is 2.60. The number of benzene rings is 2. The molecule has 4 nitrogen and oxygen atoms in total. The molecule has 0 saturated carbocycles. The molecule has 0 aliphatic heterocycles. The Morgan fingerprint density at radius 2 is 1.96 bits per heavy atom. The lowest BCUT2D eigenvalue weighted by atomic mass is 10.1. The van der Waals surface area contributed by atoms with Crippen LogP contribution in [0, 0.1) is 0 Å². The SMILES string of the molecule is COc1ccc(/C(C)=N\NC(=O)[C@@H](C)Sc2ccccc2)cc1Br. The van der Waals surface area contributed by atoms with Crippen LogP contribution in [0.15, 0.2) is 63.0 Å². The highest BCUT2D eigenvalue weighted by Gasteiger charge is 2.14. The van der Waals surface area contributed by atoms with Crippen molar-refractivity contribution in [2.75, 3.05) is 7.11 Å². The van der Waals surface area contributed by atoms with E-state index in [1.807, 2.05) is 62.4 Å². The van der Waals surface area contributed by atoms with E-state index in [2.05, 4.69) is 26.5 Å². The highest BCUT2D eigenvalue weighted by Crippen LogP contribution is 2.26. The molecule has 0 fully saturated rings. The predicted molar refractivity (Wildman–Crippen MR) is 103 cm³/mol. The molecule has 0 radical (unpaired) electrons. The summed E-state index contributed by atoms with van der Waals surface area (Å²) in [7, 11) is 1.62. The standard InChI is InChI=1S/C18H19BrN2O2S/c1-12(14-9-10-17(23-3)16(19)11-14)20-21-18(22)13(2)24-15-7-5-4-6-8-15/h4-11,13H,1-3H3,(H,21,22)/b20-12-/t13-/m1/s1. The molecule has 0 heterocycles. The Balaban J connectivity index is 1.98. The number of hydrogen-bond acceptors (Lipinski definition) is 4. The van der Waals surface area contributed by atoms with Crippen molar-refractivity contribution in [2.45, 2.75) is 24.0 Å². The third kappa shape index (κ3) is 5.11. The Labute approximate surface area is 154 Å². The first-order valence-electron chi connectivity index (χ1n) is 7.41. The van der Waals surface area contributed by atoms with Gasteiger partial charge in [-0.3, -0.25) is 4.79 Å². The Bertz CT molecular complexity index is 735. The van der Waals surface area contributed by atoms with Gasteiger partial charge in [0.25, 0.3) is 5.91 Å². The molecule has 2 rings (SSSR count). The number of carbonyl (C=O) groups is 1. The fourth-order valence-electron chi connectivity index (χ4n) is 1.94. The quantitative estimate of drug-likeness (QED) is 0.437. The van der Waals surface area contributed by atoms with E-state index in [-0.39, 0.29) is 11.2 Å². The van der Waals surface area contributed by atoms with E-state index in [0.717, 1.165) is 26.4 Å². The van der Waals surface area contributed by atoms with Gasteiger partial charge in [0.15, 0.2) is 0 Å². The highest BCUT2D eigenvalue weighted by molar-refractivity contribution is 9.10. The molecule has 0 aliphatic carbocycles. The smallest absolute Gasteiger partial charge is 0.253 e. The first-order chi connectivity index (χ1) is 11.5. The number of thioether (sulfide) groups is 1. The van der Waals surface area contributed by atoms with E-state index in [9.17, 15) is 4.79 Å². The second-order valence-electron chi connectivity index (χ2n) is 5.10. The van der Waals surface area contributed by atoms with Crippen LogP contribution < -0.4 is 10.2 Å². The molecule has 0 aromatic heterocycles. The summed E-state index contributed by atoms with van der Waals surface area (Å²) in [5.74, 6) is 0.624. The highest BCUT2D eigenvalue weighted by atomic mass is 79.9. The Hall–Kier alpha value is -1.79. The molecule has 24 heavy (non-hydrogen) atoms. The average molecular weight is 407 g/mol. The molecule has 2 aromatic rings. The number of ether oxygens (including phenoxy) is 1. The van der Waals surface area contributed by atoms with Gasteiger partial charge in [-0.05, 0) is 65.7 Å². The summed E-state index contributed by atoms with van der Waals surface area (Å²) in [5, 5.41) is 3.97. The third-order valence-electron chi connectivity index (χ3n) is 3.33. The van der Waals surface area contributed by atoms with E-state index in [4.69, 9.17) is 4.74 Å². The molecule has 0 unspecified atom stereocenters. The maximum Gasteiger partial charge on any atom is 0.253 e. The van der Waals surface area contributed by atoms with E-state index in [1.165, 1.54) is 11.8 Å². The Morgan fingerprint density at radius 1 is 1.25 bits per heavy atom. The first kappa shape index (κ1) is 18.5. The van der Waals surface area contributed by atoms with Gasteiger partial charge in [-0.2, -0.15) is 5.10 Å². The van der Waals surface area contributed by atoms with Crippen molar-refractivity contribution in [2.24, 2.45) is 5.10 Å². The summed E-state index contributed by atoms with van der Waals surface area (Å²) in [5.41, 5.74) is 4.26. The molecule has 0 spiro atoms. The second kappa shape index (κ2) is 8.89. The molecule has 0 saturated heterocycles. The Kier molecular flexibility index (Phi) is 6.87. The van der Waals surface area contributed by atoms with Crippen molar-refractivity contribution in [1.29, 1.82) is 0 Å². The van der Waals surface area contributed by atoms with Gasteiger partial charge in [-0.1, -0.05) is 18.2 Å². The monoisotopic (exact) mass is 406 g/mol. The summed E-state index contributed by atoms with van der Waals surface area (Å²) in [6.45, 7) is 3.71. The van der Waals surface area contributed by atoms with Crippen molar-refractivity contribution in [1.82, 2.24) is 5.43 Å². The molecule has 1 N–H and O–H groups in total. The van der Waals surface area contributed by atoms with Crippen molar-refractivity contribution in [3.8, 4) is 5.75 Å². The molecule has 1 amide bonds. The van der Waals surface area contributed by atoms with Crippen LogP contribution in [-0.2, 0) is 4.79 Å². The molecule has 0 bridgehead atoms. The van der Waals surface area contributed by atoms with Gasteiger partial charge in [0.2, 0.25) is 0 Å². The number of halogens is 1. The van der Waals surface area contributed by atoms with Crippen LogP contribution >= 0.6 is 27.7 Å². The van der Waals surface area contributed by atoms with E-state index < -0.39 is 0 Å². The van der Waals surface area contributed by atoms with E-state index in [0.29, 0.717) is 0 Å². The van der Waals surface area contributed by atoms with Crippen molar-refractivity contribution in [3.63, 3.8) is 0 Å². The molecular formula is C18H19BrN2O2S. The van der Waals surface area contributed by atoms with Crippen molar-refractivity contribution in [3.05, 3.63) is 58.6 Å². The van der Waals surface area contributed by atoms with Crippen LogP contribution in [0.2, 0.25) is 0 Å². The molecule has 126 valence electrons. The fraction of sp³-hybridized carbons (Fsp3) is 0.222. The van der Waals surface area contributed by atoms with Crippen molar-refractivity contribution >= 4 is 39.3 Å². The van der Waals surface area contributed by atoms with Crippen LogP contribution in [0.25, 0.3) is 0 Å². The predicted octanol–water partition coefficient (Wildman–Crippen LogP) is 4.48. The lowest BCUT2D eigenvalue weighted by Crippen LogP contribution is -2.27. The summed E-state index contributed by atoms with van der Waals surface area (Å²) < 4.78 is 6.05. The Morgan fingerprint density at radius 3 is 2.58 bits per heavy atom. The lowest BCUT2D eigenvalue weighted by molar-refractivity contribution is -0.120. The molecule has 1 atom stereocenters. The zero-order valence-electron chi connectivity index (χ0n) is 13.7. The number of nitrogens with one attached hydrogen (secondary N) is 1. The normalized spacial score (nSPS) is 12.6. The topological polar surface area (TPSA) is 50.7 Å². The van der Waals surface area contributed by atoms with Gasteiger partial charge in [0, 0.05) is 4.90 Å². The van der Waals surface area contributed by atoms with Gasteiger partial charge >= 0.3 is 0 Å². The fourth-order valence-corrected chi connectivity index (χ4v) is 3.37. The minimum absolute atomic E-state index is 0.129. The van der Waals surface area contributed by atoms with Crippen LogP contribution in [0.3, 0.4) is 0 Å². The molecule has 2 aromatic carbocycles. The molecule has 6 heteroatoms. The van der Waals surface area contributed by atoms with Crippen LogP contribution in [-0.4, -0.2) is 24.0 Å². The number of carbonyl (C=O) groups excluding carboxylic acids is 1. The van der Waals surface area contributed by atoms with Crippen LogP contribution in [0.4, 0.5) is 0 Å². The van der Waals surface area contributed by atoms with Gasteiger partial charge in [0.05, 0.1) is 22.5 Å². The summed E-state index contributed by atoms with van der Waals surface area (Å²) in [4.78, 5) is 13.2. The lowest BCUT2D eigenvalue weighted by Gasteiger charge is -2.10. The minimum Gasteiger partial charge on any atom is -0.496 e. The van der Waals surface area contributed by atoms with Gasteiger partial charge in [0.1, 0.15) is 5.75 Å². The van der Waals surface area contributed by atoms with E-state index in [1.54, 1.807) is 7.11 Å². The van der Waals surface area contributed by atoms with E-state index >= 15 is 0 Å². The first-order valence-corrected chi connectivity index (χ1v) is 9.08. The van der Waals surface area contributed by atoms with Gasteiger partial charge in [-0.25, -0.2) is 5.43 Å². The van der Waals surface area contributed by atoms with Gasteiger partial charge in [-0.15, -0.1) is 11.8 Å². The maximum absolute atomic E-state index is 12.2. The summed E-state index contributed by atoms with van der Waals surface area (Å²) in [6.07, 6.45) is 0. The zero-order chi connectivity index (χ0) is 17.5. The number of amides is 1. The number of hydrogen-bond donors (Lipinski definition) is 1. The zero-order valence-corrected chi connectivity index (χ0v) is 16.1. The molecular weight excluding hydrogens is 388 g/mol. The number of hydrazone groups is 1. The van der Waals surface area contributed by atoms with Crippen LogP contribution in [0.5, 0.6) is 5.75 Å². The summed E-state index contributed by atoms with van der Waals surface area (Å²) >= 11 is 4.95. The molecule has 0 aliphatic rings. The maximum atomic E-state index is 12.2. The second-order valence-corrected chi connectivity index (χ2v) is 7.36. The van der Waals surface area contributed by atoms with Crippen LogP contribution in [0.1, 0.15) is 19.4 Å². The summed E-state index contributed by atoms with van der Waals surface area (Å²) in [6, 6.07) is 15.5.